The van der Waals surface area contributed by atoms with Crippen LogP contribution in [0.15, 0.2) is 11.6 Å². The first-order valence-electron chi connectivity index (χ1n) is 6.86. The number of nitrogens with zero attached hydrogens (tertiary/aromatic N) is 1. The number of nitrogens with two attached hydrogens (primary N) is 1. The van der Waals surface area contributed by atoms with Gasteiger partial charge in [0.1, 0.15) is 0 Å². The van der Waals surface area contributed by atoms with Gasteiger partial charge in [-0.15, -0.1) is 0 Å². The van der Waals surface area contributed by atoms with Crippen molar-refractivity contribution in [3.8, 4) is 0 Å². The quantitative estimate of drug-likeness (QED) is 0.771. The molecule has 0 bridgehead atoms. The van der Waals surface area contributed by atoms with Crippen molar-refractivity contribution in [2.45, 2.75) is 44.1 Å². The van der Waals surface area contributed by atoms with Gasteiger partial charge in [0.05, 0.1) is 6.61 Å². The minimum Gasteiger partial charge on any atom is -0.380 e. The summed E-state index contributed by atoms with van der Waals surface area (Å²) in [7, 11) is 1.70. The van der Waals surface area contributed by atoms with Crippen molar-refractivity contribution in [2.75, 3.05) is 26.8 Å². The molecule has 1 heterocycles. The lowest BCUT2D eigenvalue weighted by Gasteiger charge is -2.30. The standard InChI is InChI=1S/C14H24N2O2/c1-18-11-12-4-8-16(9-5-12)13(17)10-14(15)6-2-3-7-14/h4H,2-3,5-11,15H2,1H3. The highest BCUT2D eigenvalue weighted by molar-refractivity contribution is 5.78. The van der Waals surface area contributed by atoms with Gasteiger partial charge < -0.3 is 15.4 Å². The van der Waals surface area contributed by atoms with Crippen molar-refractivity contribution < 1.29 is 9.53 Å². The van der Waals surface area contributed by atoms with Crippen LogP contribution in [0.2, 0.25) is 0 Å². The van der Waals surface area contributed by atoms with E-state index >= 15 is 0 Å². The van der Waals surface area contributed by atoms with E-state index in [4.69, 9.17) is 10.5 Å². The van der Waals surface area contributed by atoms with E-state index in [9.17, 15) is 4.79 Å². The molecule has 0 spiro atoms. The molecule has 1 amide bonds. The van der Waals surface area contributed by atoms with Gasteiger partial charge >= 0.3 is 0 Å². The van der Waals surface area contributed by atoms with E-state index in [1.165, 1.54) is 18.4 Å². The van der Waals surface area contributed by atoms with Crippen LogP contribution in [0.5, 0.6) is 0 Å². The Labute approximate surface area is 109 Å². The molecule has 2 N–H and O–H groups in total. The topological polar surface area (TPSA) is 55.6 Å². The van der Waals surface area contributed by atoms with Crippen LogP contribution in [0.4, 0.5) is 0 Å². The van der Waals surface area contributed by atoms with Crippen LogP contribution in [0.1, 0.15) is 38.5 Å². The van der Waals surface area contributed by atoms with Crippen molar-refractivity contribution in [1.82, 2.24) is 4.90 Å². The Morgan fingerprint density at radius 2 is 2.22 bits per heavy atom. The van der Waals surface area contributed by atoms with Gasteiger partial charge in [-0.2, -0.15) is 0 Å². The average Bonchev–Trinajstić information content (AvgIpc) is 2.77. The van der Waals surface area contributed by atoms with E-state index in [1.807, 2.05) is 4.90 Å². The van der Waals surface area contributed by atoms with E-state index in [-0.39, 0.29) is 11.4 Å². The second-order valence-corrected chi connectivity index (χ2v) is 5.63. The normalized spacial score (nSPS) is 23.0. The summed E-state index contributed by atoms with van der Waals surface area (Å²) >= 11 is 0. The molecular weight excluding hydrogens is 228 g/mol. The van der Waals surface area contributed by atoms with E-state index in [0.29, 0.717) is 19.6 Å². The minimum absolute atomic E-state index is 0.215. The second kappa shape index (κ2) is 5.85. The molecule has 2 aliphatic rings. The molecule has 1 fully saturated rings. The predicted molar refractivity (Wildman–Crippen MR) is 71.2 cm³/mol. The maximum atomic E-state index is 12.2. The van der Waals surface area contributed by atoms with Crippen molar-refractivity contribution in [2.24, 2.45) is 5.73 Å². The monoisotopic (exact) mass is 252 g/mol. The van der Waals surface area contributed by atoms with Gasteiger partial charge in [-0.3, -0.25) is 4.79 Å². The number of hydrogen-bond donors (Lipinski definition) is 1. The summed E-state index contributed by atoms with van der Waals surface area (Å²) < 4.78 is 5.11. The van der Waals surface area contributed by atoms with Crippen LogP contribution >= 0.6 is 0 Å². The van der Waals surface area contributed by atoms with E-state index in [2.05, 4.69) is 6.08 Å². The van der Waals surface area contributed by atoms with Gasteiger partial charge in [0.15, 0.2) is 0 Å². The molecule has 2 rings (SSSR count). The van der Waals surface area contributed by atoms with Crippen LogP contribution in [0.25, 0.3) is 0 Å². The average molecular weight is 252 g/mol. The number of methoxy groups -OCH3 is 1. The summed E-state index contributed by atoms with van der Waals surface area (Å²) in [4.78, 5) is 14.1. The molecule has 1 saturated carbocycles. The third-order valence-corrected chi connectivity index (χ3v) is 4.09. The lowest BCUT2D eigenvalue weighted by atomic mass is 9.93. The predicted octanol–water partition coefficient (Wildman–Crippen LogP) is 1.45. The SMILES string of the molecule is COCC1=CCN(C(=O)CC2(N)CCCC2)CC1. The zero-order valence-corrected chi connectivity index (χ0v) is 11.3. The van der Waals surface area contributed by atoms with Crippen LogP contribution in [-0.2, 0) is 9.53 Å². The van der Waals surface area contributed by atoms with Gasteiger partial charge in [-0.1, -0.05) is 18.9 Å². The highest BCUT2D eigenvalue weighted by Crippen LogP contribution is 2.30. The minimum atomic E-state index is -0.229. The first-order chi connectivity index (χ1) is 8.63. The molecule has 0 aromatic rings. The van der Waals surface area contributed by atoms with Gasteiger partial charge in [-0.25, -0.2) is 0 Å². The van der Waals surface area contributed by atoms with Crippen LogP contribution < -0.4 is 5.73 Å². The molecule has 1 aliphatic heterocycles. The Kier molecular flexibility index (Phi) is 4.40. The Morgan fingerprint density at radius 3 is 2.78 bits per heavy atom. The third-order valence-electron chi connectivity index (χ3n) is 4.09. The van der Waals surface area contributed by atoms with Gasteiger partial charge in [0.2, 0.25) is 5.91 Å². The summed E-state index contributed by atoms with van der Waals surface area (Å²) in [5.74, 6) is 0.215. The maximum absolute atomic E-state index is 12.2. The molecule has 0 aromatic carbocycles. The van der Waals surface area contributed by atoms with Gasteiger partial charge in [0.25, 0.3) is 0 Å². The van der Waals surface area contributed by atoms with Crippen molar-refractivity contribution in [3.05, 3.63) is 11.6 Å². The highest BCUT2D eigenvalue weighted by Gasteiger charge is 2.33. The molecule has 1 aliphatic carbocycles. The molecule has 0 saturated heterocycles. The molecular formula is C14H24N2O2. The zero-order chi connectivity index (χ0) is 13.0. The molecule has 0 atom stereocenters. The van der Waals surface area contributed by atoms with Crippen LogP contribution in [0.3, 0.4) is 0 Å². The first kappa shape index (κ1) is 13.6. The lowest BCUT2D eigenvalue weighted by Crippen LogP contribution is -2.44. The van der Waals surface area contributed by atoms with Crippen molar-refractivity contribution >= 4 is 5.91 Å². The smallest absolute Gasteiger partial charge is 0.224 e. The maximum Gasteiger partial charge on any atom is 0.224 e. The summed E-state index contributed by atoms with van der Waals surface area (Å²) in [5.41, 5.74) is 7.33. The number of ether oxygens (including phenoxy) is 1. The van der Waals surface area contributed by atoms with Crippen LogP contribution in [0, 0.1) is 0 Å². The number of hydrogen-bond acceptors (Lipinski definition) is 3. The molecule has 4 nitrogen and oxygen atoms in total. The fraction of sp³-hybridized carbons (Fsp3) is 0.786. The molecule has 0 unspecified atom stereocenters. The zero-order valence-electron chi connectivity index (χ0n) is 11.3. The molecule has 18 heavy (non-hydrogen) atoms. The van der Waals surface area contributed by atoms with Gasteiger partial charge in [-0.05, 0) is 24.8 Å². The second-order valence-electron chi connectivity index (χ2n) is 5.63. The Bertz CT molecular complexity index is 333. The van der Waals surface area contributed by atoms with Gasteiger partial charge in [0, 0.05) is 32.2 Å². The third kappa shape index (κ3) is 3.33. The molecule has 0 aromatic heterocycles. The van der Waals surface area contributed by atoms with E-state index in [0.717, 1.165) is 25.8 Å². The number of amides is 1. The molecule has 4 heteroatoms. The highest BCUT2D eigenvalue weighted by atomic mass is 16.5. The first-order valence-corrected chi connectivity index (χ1v) is 6.86. The lowest BCUT2D eigenvalue weighted by molar-refractivity contribution is -0.132. The number of carbonyl (C=O) groups is 1. The van der Waals surface area contributed by atoms with Crippen LogP contribution in [-0.4, -0.2) is 43.2 Å². The van der Waals surface area contributed by atoms with Crippen molar-refractivity contribution in [1.29, 1.82) is 0 Å². The van der Waals surface area contributed by atoms with E-state index in [1.54, 1.807) is 7.11 Å². The Balaban J connectivity index is 1.84. The summed E-state index contributed by atoms with van der Waals surface area (Å²) in [6.07, 6.45) is 7.89. The fourth-order valence-corrected chi connectivity index (χ4v) is 2.92. The molecule has 0 radical (unpaired) electrons. The number of rotatable bonds is 4. The van der Waals surface area contributed by atoms with Crippen molar-refractivity contribution in [3.63, 3.8) is 0 Å². The van der Waals surface area contributed by atoms with E-state index < -0.39 is 0 Å². The molecule has 102 valence electrons. The largest absolute Gasteiger partial charge is 0.380 e. The number of carbonyl (C=O) groups excluding carboxylic acids is 1. The summed E-state index contributed by atoms with van der Waals surface area (Å²) in [6, 6.07) is 0. The summed E-state index contributed by atoms with van der Waals surface area (Å²) in [5, 5.41) is 0. The summed E-state index contributed by atoms with van der Waals surface area (Å²) in [6.45, 7) is 2.21. The Morgan fingerprint density at radius 1 is 1.50 bits per heavy atom. The fourth-order valence-electron chi connectivity index (χ4n) is 2.92. The Hall–Kier alpha value is -0.870.